The summed E-state index contributed by atoms with van der Waals surface area (Å²) in [6, 6.07) is -1.59. The number of ether oxygens (including phenoxy) is 2. The summed E-state index contributed by atoms with van der Waals surface area (Å²) < 4.78 is 9.53. The van der Waals surface area contributed by atoms with Gasteiger partial charge in [0, 0.05) is 6.04 Å². The van der Waals surface area contributed by atoms with E-state index >= 15 is 0 Å². The van der Waals surface area contributed by atoms with E-state index < -0.39 is 42.3 Å². The van der Waals surface area contributed by atoms with Crippen LogP contribution in [0.3, 0.4) is 0 Å². The standard InChI is InChI=1S/C14H21NO7/c1-3-21-12(17)7-9-5-6-10(14(19)20)15(9)11(16)8-13(18)22-4-2/h9-10H,3-8H2,1-2H3,(H,19,20)/t9-,10+/m1/s1. The zero-order chi connectivity index (χ0) is 16.7. The van der Waals surface area contributed by atoms with Crippen molar-refractivity contribution in [3.8, 4) is 0 Å². The Labute approximate surface area is 128 Å². The van der Waals surface area contributed by atoms with Gasteiger partial charge in [0.25, 0.3) is 0 Å². The Morgan fingerprint density at radius 1 is 1.05 bits per heavy atom. The molecule has 0 unspecified atom stereocenters. The number of carboxylic acid groups (broad SMARTS) is 1. The molecule has 0 bridgehead atoms. The lowest BCUT2D eigenvalue weighted by atomic mass is 10.1. The van der Waals surface area contributed by atoms with E-state index in [0.29, 0.717) is 6.42 Å². The number of carbonyl (C=O) groups is 4. The Morgan fingerprint density at radius 2 is 1.64 bits per heavy atom. The van der Waals surface area contributed by atoms with Crippen LogP contribution < -0.4 is 0 Å². The van der Waals surface area contributed by atoms with Gasteiger partial charge in [-0.05, 0) is 26.7 Å². The molecule has 1 amide bonds. The van der Waals surface area contributed by atoms with Crippen LogP contribution in [0.15, 0.2) is 0 Å². The lowest BCUT2D eigenvalue weighted by Crippen LogP contribution is -2.46. The number of rotatable bonds is 7. The van der Waals surface area contributed by atoms with Gasteiger partial charge in [0.2, 0.25) is 5.91 Å². The van der Waals surface area contributed by atoms with Gasteiger partial charge < -0.3 is 19.5 Å². The molecule has 0 aliphatic carbocycles. The molecule has 2 atom stereocenters. The van der Waals surface area contributed by atoms with Gasteiger partial charge in [-0.3, -0.25) is 14.4 Å². The highest BCUT2D eigenvalue weighted by Gasteiger charge is 2.42. The average molecular weight is 315 g/mol. The first-order valence-corrected chi connectivity index (χ1v) is 7.25. The number of hydrogen-bond acceptors (Lipinski definition) is 6. The summed E-state index contributed by atoms with van der Waals surface area (Å²) in [6.45, 7) is 3.63. The lowest BCUT2D eigenvalue weighted by molar-refractivity contribution is -0.156. The SMILES string of the molecule is CCOC(=O)CC(=O)N1[C@@H](CC(=O)OCC)CC[C@H]1C(=O)O. The molecule has 1 saturated heterocycles. The van der Waals surface area contributed by atoms with Gasteiger partial charge in [0.15, 0.2) is 0 Å². The van der Waals surface area contributed by atoms with Crippen LogP contribution in [-0.4, -0.2) is 59.1 Å². The Bertz CT molecular complexity index is 448. The summed E-state index contributed by atoms with van der Waals surface area (Å²) in [7, 11) is 0. The van der Waals surface area contributed by atoms with E-state index in [-0.39, 0.29) is 26.1 Å². The van der Waals surface area contributed by atoms with E-state index in [1.165, 1.54) is 0 Å². The molecule has 8 heteroatoms. The fraction of sp³-hybridized carbons (Fsp3) is 0.714. The Kier molecular flexibility index (Phi) is 6.81. The molecule has 1 rings (SSSR count). The second kappa shape index (κ2) is 8.35. The molecule has 1 heterocycles. The molecule has 22 heavy (non-hydrogen) atoms. The van der Waals surface area contributed by atoms with Crippen LogP contribution in [0, 0.1) is 0 Å². The number of carbonyl (C=O) groups excluding carboxylic acids is 3. The first kappa shape index (κ1) is 17.9. The van der Waals surface area contributed by atoms with Gasteiger partial charge in [0.1, 0.15) is 12.5 Å². The van der Waals surface area contributed by atoms with E-state index in [1.54, 1.807) is 13.8 Å². The highest BCUT2D eigenvalue weighted by molar-refractivity contribution is 5.96. The highest BCUT2D eigenvalue weighted by atomic mass is 16.5. The predicted octanol–water partition coefficient (Wildman–Crippen LogP) is 0.337. The van der Waals surface area contributed by atoms with Crippen molar-refractivity contribution in [1.82, 2.24) is 4.90 Å². The number of amides is 1. The summed E-state index contributed by atoms with van der Waals surface area (Å²) >= 11 is 0. The zero-order valence-corrected chi connectivity index (χ0v) is 12.7. The second-order valence-electron chi connectivity index (χ2n) is 4.88. The number of aliphatic carboxylic acids is 1. The first-order chi connectivity index (χ1) is 10.4. The summed E-state index contributed by atoms with van der Waals surface area (Å²) in [4.78, 5) is 47.5. The van der Waals surface area contributed by atoms with Gasteiger partial charge in [-0.15, -0.1) is 0 Å². The van der Waals surface area contributed by atoms with Crippen molar-refractivity contribution >= 4 is 23.8 Å². The molecule has 1 aliphatic heterocycles. The summed E-state index contributed by atoms with van der Waals surface area (Å²) in [5, 5.41) is 9.20. The van der Waals surface area contributed by atoms with Crippen LogP contribution in [0.1, 0.15) is 39.5 Å². The van der Waals surface area contributed by atoms with Gasteiger partial charge in [-0.1, -0.05) is 0 Å². The topological polar surface area (TPSA) is 110 Å². The Hall–Kier alpha value is -2.12. The molecule has 0 radical (unpaired) electrons. The van der Waals surface area contributed by atoms with Crippen LogP contribution in [0.25, 0.3) is 0 Å². The van der Waals surface area contributed by atoms with E-state index in [4.69, 9.17) is 9.47 Å². The quantitative estimate of drug-likeness (QED) is 0.532. The molecule has 0 aromatic rings. The monoisotopic (exact) mass is 315 g/mol. The second-order valence-corrected chi connectivity index (χ2v) is 4.88. The minimum Gasteiger partial charge on any atom is -0.480 e. The molecular formula is C14H21NO7. The van der Waals surface area contributed by atoms with Crippen molar-refractivity contribution in [2.75, 3.05) is 13.2 Å². The zero-order valence-electron chi connectivity index (χ0n) is 12.7. The molecule has 0 spiro atoms. The Balaban J connectivity index is 2.79. The fourth-order valence-electron chi connectivity index (χ4n) is 2.54. The summed E-state index contributed by atoms with van der Waals surface area (Å²) in [5.74, 6) is -2.99. The number of nitrogens with zero attached hydrogens (tertiary/aromatic N) is 1. The third-order valence-corrected chi connectivity index (χ3v) is 3.38. The number of hydrogen-bond donors (Lipinski definition) is 1. The van der Waals surface area contributed by atoms with Crippen LogP contribution in [0.5, 0.6) is 0 Å². The van der Waals surface area contributed by atoms with Crippen molar-refractivity contribution in [1.29, 1.82) is 0 Å². The number of esters is 2. The fourth-order valence-corrected chi connectivity index (χ4v) is 2.54. The van der Waals surface area contributed by atoms with E-state index in [9.17, 15) is 24.3 Å². The van der Waals surface area contributed by atoms with E-state index in [0.717, 1.165) is 4.90 Å². The number of likely N-dealkylation sites (tertiary alicyclic amines) is 1. The normalized spacial score (nSPS) is 20.5. The smallest absolute Gasteiger partial charge is 0.326 e. The summed E-state index contributed by atoms with van der Waals surface area (Å²) in [5.41, 5.74) is 0. The minimum atomic E-state index is -1.15. The third-order valence-electron chi connectivity index (χ3n) is 3.38. The molecular weight excluding hydrogens is 294 g/mol. The Morgan fingerprint density at radius 3 is 2.18 bits per heavy atom. The molecule has 1 fully saturated rings. The largest absolute Gasteiger partial charge is 0.480 e. The molecule has 8 nitrogen and oxygen atoms in total. The average Bonchev–Trinajstić information content (AvgIpc) is 2.82. The molecule has 1 aliphatic rings. The predicted molar refractivity (Wildman–Crippen MR) is 73.8 cm³/mol. The molecule has 0 aromatic carbocycles. The van der Waals surface area contributed by atoms with Gasteiger partial charge in [-0.25, -0.2) is 4.79 Å². The van der Waals surface area contributed by atoms with Crippen LogP contribution in [0.4, 0.5) is 0 Å². The van der Waals surface area contributed by atoms with Crippen LogP contribution in [-0.2, 0) is 28.7 Å². The lowest BCUT2D eigenvalue weighted by Gasteiger charge is -2.27. The van der Waals surface area contributed by atoms with Crippen molar-refractivity contribution in [3.63, 3.8) is 0 Å². The molecule has 0 saturated carbocycles. The van der Waals surface area contributed by atoms with E-state index in [1.807, 2.05) is 0 Å². The maximum Gasteiger partial charge on any atom is 0.326 e. The van der Waals surface area contributed by atoms with Crippen molar-refractivity contribution in [2.24, 2.45) is 0 Å². The maximum absolute atomic E-state index is 12.2. The minimum absolute atomic E-state index is 0.0772. The first-order valence-electron chi connectivity index (χ1n) is 7.25. The van der Waals surface area contributed by atoms with Gasteiger partial charge >= 0.3 is 17.9 Å². The highest BCUT2D eigenvalue weighted by Crippen LogP contribution is 2.28. The maximum atomic E-state index is 12.2. The van der Waals surface area contributed by atoms with E-state index in [2.05, 4.69) is 0 Å². The third kappa shape index (κ3) is 4.71. The van der Waals surface area contributed by atoms with Crippen molar-refractivity contribution in [2.45, 2.75) is 51.6 Å². The van der Waals surface area contributed by atoms with Crippen molar-refractivity contribution in [3.05, 3.63) is 0 Å². The number of carboxylic acids is 1. The summed E-state index contributed by atoms with van der Waals surface area (Å²) in [6.07, 6.45) is 0.0153. The molecule has 124 valence electrons. The van der Waals surface area contributed by atoms with Crippen LogP contribution in [0.2, 0.25) is 0 Å². The molecule has 1 N–H and O–H groups in total. The van der Waals surface area contributed by atoms with Crippen molar-refractivity contribution < 1.29 is 33.8 Å². The van der Waals surface area contributed by atoms with Gasteiger partial charge in [0.05, 0.1) is 19.6 Å². The molecule has 0 aromatic heterocycles. The van der Waals surface area contributed by atoms with Crippen LogP contribution >= 0.6 is 0 Å². The van der Waals surface area contributed by atoms with Gasteiger partial charge in [-0.2, -0.15) is 0 Å².